The zero-order valence-corrected chi connectivity index (χ0v) is 9.31. The van der Waals surface area contributed by atoms with Crippen LogP contribution in [0.2, 0.25) is 0 Å². The van der Waals surface area contributed by atoms with Crippen LogP contribution in [0.5, 0.6) is 0 Å². The summed E-state index contributed by atoms with van der Waals surface area (Å²) in [6, 6.07) is 0. The molecule has 0 heterocycles. The van der Waals surface area contributed by atoms with Crippen molar-refractivity contribution in [2.75, 3.05) is 0 Å². The third-order valence-electron chi connectivity index (χ3n) is 1.49. The predicted octanol–water partition coefficient (Wildman–Crippen LogP) is 0.276. The van der Waals surface area contributed by atoms with Gasteiger partial charge in [-0.2, -0.15) is 6.92 Å². The summed E-state index contributed by atoms with van der Waals surface area (Å²) in [4.78, 5) is 10.0. The Kier molecular flexibility index (Phi) is 26.0. The maximum atomic E-state index is 10.0. The molecule has 0 rings (SSSR count). The molecule has 0 amide bonds. The van der Waals surface area contributed by atoms with Crippen molar-refractivity contribution in [3.05, 3.63) is 6.92 Å². The van der Waals surface area contributed by atoms with E-state index in [2.05, 4.69) is 13.8 Å². The molecule has 13 heavy (non-hydrogen) atoms. The molecule has 0 saturated heterocycles. The van der Waals surface area contributed by atoms with Crippen LogP contribution in [0.3, 0.4) is 0 Å². The zero-order chi connectivity index (χ0) is 9.82. The van der Waals surface area contributed by atoms with Crippen molar-refractivity contribution in [1.82, 2.24) is 0 Å². The summed E-state index contributed by atoms with van der Waals surface area (Å²) in [6.45, 7) is 7.15. The Balaban J connectivity index is -0.000000309. The average Bonchev–Trinajstić information content (AvgIpc) is 2.07. The van der Waals surface area contributed by atoms with Gasteiger partial charge >= 0.3 is 24.8 Å². The molecule has 0 saturated carbocycles. The number of hydrogen-bond donors (Lipinski definition) is 1. The van der Waals surface area contributed by atoms with E-state index in [-0.39, 0.29) is 18.9 Å². The Bertz CT molecular complexity index is 94.9. The summed E-state index contributed by atoms with van der Waals surface area (Å²) in [7, 11) is 0. The Labute approximate surface area is 94.3 Å². The van der Waals surface area contributed by atoms with E-state index in [4.69, 9.17) is 5.11 Å². The molecule has 0 aliphatic rings. The number of aliphatic carboxylic acids is 1. The molecule has 74 valence electrons. The fourth-order valence-electron chi connectivity index (χ4n) is 0.880. The van der Waals surface area contributed by atoms with Gasteiger partial charge in [0.1, 0.15) is 0 Å². The molecule has 0 atom stereocenters. The second kappa shape index (κ2) is 18.0. The van der Waals surface area contributed by atoms with Crippen molar-refractivity contribution < 1.29 is 28.8 Å². The summed E-state index contributed by atoms with van der Waals surface area (Å²) in [6.07, 6.45) is 5.88. The number of carbonyl (C=O) groups is 1. The van der Waals surface area contributed by atoms with Gasteiger partial charge in [0.05, 0.1) is 0 Å². The molecule has 3 heteroatoms. The molecule has 0 aromatic rings. The largest absolute Gasteiger partial charge is 1.00 e. The third kappa shape index (κ3) is 24.5. The first-order valence-corrected chi connectivity index (χ1v) is 4.70. The van der Waals surface area contributed by atoms with E-state index in [1.54, 1.807) is 6.92 Å². The number of carboxylic acids is 1. The standard InChI is InChI=1S/C8H16O2.C2H5.Li/c1-2-3-4-5-6-7-8(9)10;1-2;/h2-7H2,1H3,(H,9,10);1H2,2H3;/q;-1;+1. The van der Waals surface area contributed by atoms with Gasteiger partial charge in [-0.1, -0.05) is 32.6 Å². The summed E-state index contributed by atoms with van der Waals surface area (Å²) in [5, 5.41) is 8.27. The topological polar surface area (TPSA) is 37.3 Å². The Hall–Kier alpha value is 0.0674. The molecule has 0 radical (unpaired) electrons. The second-order valence-corrected chi connectivity index (χ2v) is 2.56. The fraction of sp³-hybridized carbons (Fsp3) is 0.800. The van der Waals surface area contributed by atoms with E-state index in [0.29, 0.717) is 6.42 Å². The maximum Gasteiger partial charge on any atom is 1.00 e. The Morgan fingerprint density at radius 3 is 2.00 bits per heavy atom. The fourth-order valence-corrected chi connectivity index (χ4v) is 0.880. The quantitative estimate of drug-likeness (QED) is 0.362. The molecular weight excluding hydrogens is 159 g/mol. The third-order valence-corrected chi connectivity index (χ3v) is 1.49. The van der Waals surface area contributed by atoms with Crippen LogP contribution in [0.15, 0.2) is 0 Å². The van der Waals surface area contributed by atoms with Gasteiger partial charge in [-0.25, -0.2) is 0 Å². The molecule has 2 nitrogen and oxygen atoms in total. The minimum Gasteiger partial charge on any atom is -0.481 e. The summed E-state index contributed by atoms with van der Waals surface area (Å²) in [5.74, 6) is -0.670. The minimum atomic E-state index is -0.670. The smallest absolute Gasteiger partial charge is 0.481 e. The van der Waals surface area contributed by atoms with Gasteiger partial charge in [0.2, 0.25) is 0 Å². The van der Waals surface area contributed by atoms with Gasteiger partial charge in [0.25, 0.3) is 0 Å². The molecule has 1 N–H and O–H groups in total. The SMILES string of the molecule is CCCCCCCC(=O)O.[CH2-]C.[Li+]. The predicted molar refractivity (Wildman–Crippen MR) is 52.0 cm³/mol. The van der Waals surface area contributed by atoms with E-state index in [0.717, 1.165) is 12.8 Å². The Morgan fingerprint density at radius 2 is 1.62 bits per heavy atom. The van der Waals surface area contributed by atoms with Gasteiger partial charge in [0.15, 0.2) is 0 Å². The first kappa shape index (κ1) is 18.8. The van der Waals surface area contributed by atoms with E-state index in [1.165, 1.54) is 19.3 Å². The van der Waals surface area contributed by atoms with Crippen LogP contribution in [0, 0.1) is 6.92 Å². The molecule has 0 spiro atoms. The summed E-state index contributed by atoms with van der Waals surface area (Å²) < 4.78 is 0. The average molecular weight is 180 g/mol. The summed E-state index contributed by atoms with van der Waals surface area (Å²) >= 11 is 0. The number of unbranched alkanes of at least 4 members (excludes halogenated alkanes) is 4. The van der Waals surface area contributed by atoms with Crippen LogP contribution >= 0.6 is 0 Å². The van der Waals surface area contributed by atoms with Gasteiger partial charge in [-0.15, -0.1) is 0 Å². The molecule has 0 aliphatic carbocycles. The van der Waals surface area contributed by atoms with Gasteiger partial charge in [-0.05, 0) is 6.42 Å². The molecule has 0 fully saturated rings. The molecule has 0 bridgehead atoms. The second-order valence-electron chi connectivity index (χ2n) is 2.56. The molecular formula is C10H21LiO2. The van der Waals surface area contributed by atoms with Crippen molar-refractivity contribution >= 4 is 5.97 Å². The van der Waals surface area contributed by atoms with Crippen LogP contribution in [0.25, 0.3) is 0 Å². The van der Waals surface area contributed by atoms with Crippen molar-refractivity contribution in [2.45, 2.75) is 52.4 Å². The number of carboxylic acid groups (broad SMARTS) is 1. The van der Waals surface area contributed by atoms with E-state index >= 15 is 0 Å². The Morgan fingerprint density at radius 1 is 1.15 bits per heavy atom. The summed E-state index contributed by atoms with van der Waals surface area (Å²) in [5.41, 5.74) is 0. The van der Waals surface area contributed by atoms with Gasteiger partial charge in [-0.3, -0.25) is 4.79 Å². The first-order valence-electron chi connectivity index (χ1n) is 4.70. The van der Waals surface area contributed by atoms with Crippen LogP contribution in [-0.4, -0.2) is 11.1 Å². The van der Waals surface area contributed by atoms with Gasteiger partial charge in [0, 0.05) is 6.42 Å². The molecule has 0 aromatic carbocycles. The minimum absolute atomic E-state index is 0. The van der Waals surface area contributed by atoms with Crippen molar-refractivity contribution in [2.24, 2.45) is 0 Å². The van der Waals surface area contributed by atoms with Crippen molar-refractivity contribution in [3.8, 4) is 0 Å². The molecule has 0 aromatic heterocycles. The van der Waals surface area contributed by atoms with Crippen LogP contribution in [0.1, 0.15) is 52.4 Å². The van der Waals surface area contributed by atoms with E-state index in [9.17, 15) is 4.79 Å². The van der Waals surface area contributed by atoms with Crippen molar-refractivity contribution in [3.63, 3.8) is 0 Å². The normalized spacial score (nSPS) is 7.92. The molecule has 0 aliphatic heterocycles. The monoisotopic (exact) mass is 180 g/mol. The number of hydrogen-bond acceptors (Lipinski definition) is 1. The van der Waals surface area contributed by atoms with E-state index in [1.807, 2.05) is 0 Å². The zero-order valence-electron chi connectivity index (χ0n) is 9.31. The van der Waals surface area contributed by atoms with Crippen LogP contribution in [-0.2, 0) is 4.79 Å². The van der Waals surface area contributed by atoms with Gasteiger partial charge < -0.3 is 12.0 Å². The van der Waals surface area contributed by atoms with Crippen LogP contribution < -0.4 is 18.9 Å². The van der Waals surface area contributed by atoms with E-state index < -0.39 is 5.97 Å². The van der Waals surface area contributed by atoms with Crippen molar-refractivity contribution in [1.29, 1.82) is 0 Å². The van der Waals surface area contributed by atoms with Crippen LogP contribution in [0.4, 0.5) is 0 Å². The maximum absolute atomic E-state index is 10.0. The molecule has 0 unspecified atom stereocenters. The first-order chi connectivity index (χ1) is 5.77. The number of rotatable bonds is 6.